The maximum atomic E-state index is 12.3. The summed E-state index contributed by atoms with van der Waals surface area (Å²) < 4.78 is 21.5. The van der Waals surface area contributed by atoms with Crippen LogP contribution < -0.4 is 24.3 Å². The lowest BCUT2D eigenvalue weighted by molar-refractivity contribution is -0.118. The highest BCUT2D eigenvalue weighted by molar-refractivity contribution is 5.92. The van der Waals surface area contributed by atoms with Crippen molar-refractivity contribution < 1.29 is 23.7 Å². The van der Waals surface area contributed by atoms with Crippen molar-refractivity contribution in [2.75, 3.05) is 33.3 Å². The van der Waals surface area contributed by atoms with E-state index in [-0.39, 0.29) is 12.5 Å². The summed E-state index contributed by atoms with van der Waals surface area (Å²) in [6.45, 7) is 5.92. The molecule has 0 saturated carbocycles. The van der Waals surface area contributed by atoms with E-state index in [1.165, 1.54) is 26.9 Å². The van der Waals surface area contributed by atoms with Crippen molar-refractivity contribution in [2.24, 2.45) is 0 Å². The Morgan fingerprint density at radius 3 is 1.92 bits per heavy atom. The van der Waals surface area contributed by atoms with Gasteiger partial charge in [0.1, 0.15) is 5.75 Å². The summed E-state index contributed by atoms with van der Waals surface area (Å²) in [7, 11) is 4.57. The maximum Gasteiger partial charge on any atom is 0.262 e. The third-order valence-electron chi connectivity index (χ3n) is 4.10. The van der Waals surface area contributed by atoms with Gasteiger partial charge < -0.3 is 24.3 Å². The van der Waals surface area contributed by atoms with Gasteiger partial charge in [0.15, 0.2) is 18.1 Å². The summed E-state index contributed by atoms with van der Waals surface area (Å²) in [5, 5.41) is 2.78. The molecule has 0 saturated heterocycles. The van der Waals surface area contributed by atoms with Gasteiger partial charge in [-0.15, -0.1) is 0 Å². The molecule has 6 nitrogen and oxygen atoms in total. The van der Waals surface area contributed by atoms with E-state index < -0.39 is 0 Å². The zero-order valence-electron chi connectivity index (χ0n) is 16.1. The number of benzene rings is 2. The first-order chi connectivity index (χ1) is 12.4. The normalized spacial score (nSPS) is 10.2. The molecule has 140 valence electrons. The number of rotatable bonds is 7. The van der Waals surface area contributed by atoms with Crippen LogP contribution in [0.15, 0.2) is 24.3 Å². The average Bonchev–Trinajstić information content (AvgIpc) is 2.62. The number of carbonyl (C=O) groups is 1. The molecule has 0 radical (unpaired) electrons. The van der Waals surface area contributed by atoms with Crippen molar-refractivity contribution in [3.8, 4) is 23.0 Å². The third kappa shape index (κ3) is 4.39. The molecule has 0 aliphatic heterocycles. The highest BCUT2D eigenvalue weighted by atomic mass is 16.5. The number of amides is 1. The second-order valence-electron chi connectivity index (χ2n) is 5.95. The number of ether oxygens (including phenoxy) is 4. The van der Waals surface area contributed by atoms with Crippen LogP contribution in [-0.2, 0) is 4.79 Å². The quantitative estimate of drug-likeness (QED) is 0.817. The van der Waals surface area contributed by atoms with Crippen molar-refractivity contribution in [2.45, 2.75) is 20.8 Å². The number of nitrogens with one attached hydrogen (secondary N) is 1. The van der Waals surface area contributed by atoms with Crippen LogP contribution in [0, 0.1) is 20.8 Å². The molecule has 0 bridgehead atoms. The van der Waals surface area contributed by atoms with Gasteiger partial charge in [-0.05, 0) is 43.5 Å². The molecular formula is C20H25NO5. The van der Waals surface area contributed by atoms with Gasteiger partial charge in [-0.25, -0.2) is 0 Å². The molecular weight excluding hydrogens is 334 g/mol. The van der Waals surface area contributed by atoms with Crippen LogP contribution in [0.25, 0.3) is 0 Å². The summed E-state index contributed by atoms with van der Waals surface area (Å²) in [6.07, 6.45) is 0. The Kier molecular flexibility index (Phi) is 6.33. The fourth-order valence-corrected chi connectivity index (χ4v) is 2.58. The Balaban J connectivity index is 2.09. The Morgan fingerprint density at radius 2 is 1.38 bits per heavy atom. The number of hydrogen-bond acceptors (Lipinski definition) is 5. The minimum atomic E-state index is -0.281. The zero-order chi connectivity index (χ0) is 19.3. The Labute approximate surface area is 154 Å². The monoisotopic (exact) mass is 359 g/mol. The van der Waals surface area contributed by atoms with Gasteiger partial charge in [0.25, 0.3) is 5.91 Å². The molecule has 0 atom stereocenters. The predicted molar refractivity (Wildman–Crippen MR) is 101 cm³/mol. The van der Waals surface area contributed by atoms with Crippen molar-refractivity contribution >= 4 is 11.6 Å². The number of methoxy groups -OCH3 is 3. The lowest BCUT2D eigenvalue weighted by atomic mass is 10.1. The maximum absolute atomic E-state index is 12.3. The van der Waals surface area contributed by atoms with E-state index >= 15 is 0 Å². The second kappa shape index (κ2) is 8.47. The fraction of sp³-hybridized carbons (Fsp3) is 0.350. The molecule has 2 aromatic rings. The molecule has 0 spiro atoms. The minimum Gasteiger partial charge on any atom is -0.493 e. The molecule has 1 N–H and O–H groups in total. The predicted octanol–water partition coefficient (Wildman–Crippen LogP) is 3.66. The van der Waals surface area contributed by atoms with Gasteiger partial charge >= 0.3 is 0 Å². The molecule has 0 unspecified atom stereocenters. The zero-order valence-corrected chi connectivity index (χ0v) is 16.1. The Morgan fingerprint density at radius 1 is 0.808 bits per heavy atom. The van der Waals surface area contributed by atoms with Gasteiger partial charge in [-0.2, -0.15) is 0 Å². The topological polar surface area (TPSA) is 66.0 Å². The molecule has 0 fully saturated rings. The lowest BCUT2D eigenvalue weighted by Gasteiger charge is -2.15. The SMILES string of the molecule is COc1cc(NC(=O)COc2cc(C)c(C)cc2C)cc(OC)c1OC. The fourth-order valence-electron chi connectivity index (χ4n) is 2.58. The van der Waals surface area contributed by atoms with Gasteiger partial charge in [0.2, 0.25) is 5.75 Å². The first kappa shape index (κ1) is 19.4. The van der Waals surface area contributed by atoms with Gasteiger partial charge in [-0.3, -0.25) is 4.79 Å². The van der Waals surface area contributed by atoms with Crippen LogP contribution in [0.1, 0.15) is 16.7 Å². The van der Waals surface area contributed by atoms with Crippen molar-refractivity contribution in [1.29, 1.82) is 0 Å². The first-order valence-corrected chi connectivity index (χ1v) is 8.20. The van der Waals surface area contributed by atoms with Crippen LogP contribution in [-0.4, -0.2) is 33.8 Å². The molecule has 6 heteroatoms. The van der Waals surface area contributed by atoms with Crippen LogP contribution >= 0.6 is 0 Å². The van der Waals surface area contributed by atoms with Crippen molar-refractivity contribution in [3.05, 3.63) is 41.0 Å². The molecule has 0 aromatic heterocycles. The highest BCUT2D eigenvalue weighted by Gasteiger charge is 2.15. The van der Waals surface area contributed by atoms with Gasteiger partial charge in [0, 0.05) is 17.8 Å². The molecule has 0 heterocycles. The average molecular weight is 359 g/mol. The first-order valence-electron chi connectivity index (χ1n) is 8.20. The van der Waals surface area contributed by atoms with E-state index in [0.29, 0.717) is 28.7 Å². The number of hydrogen-bond donors (Lipinski definition) is 1. The molecule has 2 rings (SSSR count). The summed E-state index contributed by atoms with van der Waals surface area (Å²) >= 11 is 0. The van der Waals surface area contributed by atoms with Crippen molar-refractivity contribution in [1.82, 2.24) is 0 Å². The van der Waals surface area contributed by atoms with Crippen molar-refractivity contribution in [3.63, 3.8) is 0 Å². The second-order valence-corrected chi connectivity index (χ2v) is 5.95. The molecule has 0 aliphatic rings. The van der Waals surface area contributed by atoms with E-state index in [9.17, 15) is 4.79 Å². The molecule has 26 heavy (non-hydrogen) atoms. The van der Waals surface area contributed by atoms with E-state index in [2.05, 4.69) is 5.32 Å². The van der Waals surface area contributed by atoms with E-state index in [4.69, 9.17) is 18.9 Å². The lowest BCUT2D eigenvalue weighted by Crippen LogP contribution is -2.20. The Hall–Kier alpha value is -2.89. The molecule has 2 aromatic carbocycles. The summed E-state index contributed by atoms with van der Waals surface area (Å²) in [5.74, 6) is 1.82. The van der Waals surface area contributed by atoms with Crippen LogP contribution in [0.2, 0.25) is 0 Å². The Bertz CT molecular complexity index is 776. The van der Waals surface area contributed by atoms with E-state index in [1.54, 1.807) is 12.1 Å². The van der Waals surface area contributed by atoms with E-state index in [1.807, 2.05) is 32.9 Å². The smallest absolute Gasteiger partial charge is 0.262 e. The number of carbonyl (C=O) groups excluding carboxylic acids is 1. The number of aryl methyl sites for hydroxylation is 3. The molecule has 0 aliphatic carbocycles. The highest BCUT2D eigenvalue weighted by Crippen LogP contribution is 2.39. The summed E-state index contributed by atoms with van der Waals surface area (Å²) in [5.41, 5.74) is 3.84. The standard InChI is InChI=1S/C20H25NO5/c1-12-7-14(3)16(8-13(12)2)26-11-19(22)21-15-9-17(23-4)20(25-6)18(10-15)24-5/h7-10H,11H2,1-6H3,(H,21,22). The number of anilines is 1. The largest absolute Gasteiger partial charge is 0.493 e. The van der Waals surface area contributed by atoms with Crippen LogP contribution in [0.3, 0.4) is 0 Å². The van der Waals surface area contributed by atoms with E-state index in [0.717, 1.165) is 11.1 Å². The summed E-state index contributed by atoms with van der Waals surface area (Å²) in [6, 6.07) is 7.32. The molecule has 1 amide bonds. The van der Waals surface area contributed by atoms with Gasteiger partial charge in [-0.1, -0.05) is 6.07 Å². The van der Waals surface area contributed by atoms with Crippen LogP contribution in [0.5, 0.6) is 23.0 Å². The summed E-state index contributed by atoms with van der Waals surface area (Å²) in [4.78, 5) is 12.3. The van der Waals surface area contributed by atoms with Crippen LogP contribution in [0.4, 0.5) is 5.69 Å². The third-order valence-corrected chi connectivity index (χ3v) is 4.10. The minimum absolute atomic E-state index is 0.0972. The van der Waals surface area contributed by atoms with Gasteiger partial charge in [0.05, 0.1) is 21.3 Å².